The third-order valence-electron chi connectivity index (χ3n) is 2.34. The van der Waals surface area contributed by atoms with Gasteiger partial charge in [0, 0.05) is 24.6 Å². The summed E-state index contributed by atoms with van der Waals surface area (Å²) < 4.78 is 10.1. The molecule has 94 valence electrons. The van der Waals surface area contributed by atoms with E-state index in [9.17, 15) is 9.90 Å². The second kappa shape index (κ2) is 5.40. The molecular weight excluding hydrogens is 224 g/mol. The zero-order valence-electron chi connectivity index (χ0n) is 9.77. The Bertz CT molecular complexity index is 420. The second-order valence-corrected chi connectivity index (χ2v) is 3.54. The average molecular weight is 240 g/mol. The molecule has 0 saturated heterocycles. The van der Waals surface area contributed by atoms with Crippen molar-refractivity contribution in [3.05, 3.63) is 17.7 Å². The lowest BCUT2D eigenvalue weighted by Crippen LogP contribution is -2.21. The number of benzene rings is 1. The maximum absolute atomic E-state index is 10.8. The summed E-state index contributed by atoms with van der Waals surface area (Å²) in [7, 11) is 2.91. The van der Waals surface area contributed by atoms with Crippen LogP contribution in [0.4, 0.5) is 0 Å². The summed E-state index contributed by atoms with van der Waals surface area (Å²) in [5, 5.41) is 9.83. The molecule has 0 radical (unpaired) electrons. The van der Waals surface area contributed by atoms with Gasteiger partial charge < -0.3 is 26.0 Å². The van der Waals surface area contributed by atoms with Crippen molar-refractivity contribution in [2.24, 2.45) is 11.5 Å². The van der Waals surface area contributed by atoms with Crippen LogP contribution >= 0.6 is 0 Å². The Balaban J connectivity index is 3.17. The Hall–Kier alpha value is -1.95. The molecular formula is C11H16N2O4. The van der Waals surface area contributed by atoms with E-state index < -0.39 is 11.9 Å². The van der Waals surface area contributed by atoms with Gasteiger partial charge in [0.05, 0.1) is 19.8 Å². The van der Waals surface area contributed by atoms with Crippen LogP contribution in [0.25, 0.3) is 0 Å². The molecule has 1 aromatic carbocycles. The lowest BCUT2D eigenvalue weighted by Gasteiger charge is -2.17. The summed E-state index contributed by atoms with van der Waals surface area (Å²) in [5.74, 6) is 0.162. The molecule has 0 fully saturated rings. The van der Waals surface area contributed by atoms with E-state index >= 15 is 0 Å². The summed E-state index contributed by atoms with van der Waals surface area (Å²) >= 11 is 0. The van der Waals surface area contributed by atoms with Crippen LogP contribution in [-0.4, -0.2) is 25.2 Å². The maximum atomic E-state index is 10.8. The molecule has 5 N–H and O–H groups in total. The summed E-state index contributed by atoms with van der Waals surface area (Å²) in [4.78, 5) is 10.8. The van der Waals surface area contributed by atoms with Gasteiger partial charge in [0.25, 0.3) is 0 Å². The van der Waals surface area contributed by atoms with Gasteiger partial charge in [0.1, 0.15) is 17.2 Å². The summed E-state index contributed by atoms with van der Waals surface area (Å²) in [6.07, 6.45) is -0.0732. The largest absolute Gasteiger partial charge is 0.507 e. The second-order valence-electron chi connectivity index (χ2n) is 3.54. The van der Waals surface area contributed by atoms with Gasteiger partial charge in [-0.05, 0) is 0 Å². The normalized spacial score (nSPS) is 11.9. The number of rotatable bonds is 5. The van der Waals surface area contributed by atoms with Gasteiger partial charge in [-0.3, -0.25) is 4.79 Å². The van der Waals surface area contributed by atoms with Gasteiger partial charge in [0.2, 0.25) is 5.91 Å². The summed E-state index contributed by atoms with van der Waals surface area (Å²) in [6, 6.07) is 2.27. The van der Waals surface area contributed by atoms with E-state index in [1.54, 1.807) is 6.07 Å². The number of phenolic OH excluding ortho intramolecular Hbond substituents is 1. The molecule has 0 bridgehead atoms. The van der Waals surface area contributed by atoms with E-state index in [1.165, 1.54) is 20.3 Å². The topological polar surface area (TPSA) is 108 Å². The monoisotopic (exact) mass is 240 g/mol. The quantitative estimate of drug-likeness (QED) is 0.685. The number of primary amides is 1. The molecule has 0 aliphatic heterocycles. The number of carbonyl (C=O) groups excluding carboxylic acids is 1. The summed E-state index contributed by atoms with van der Waals surface area (Å²) in [6.45, 7) is 0. The molecule has 0 spiro atoms. The van der Waals surface area contributed by atoms with Crippen molar-refractivity contribution in [2.45, 2.75) is 12.5 Å². The molecule has 6 heteroatoms. The highest BCUT2D eigenvalue weighted by molar-refractivity contribution is 5.75. The highest BCUT2D eigenvalue weighted by atomic mass is 16.5. The first-order valence-electron chi connectivity index (χ1n) is 4.98. The minimum Gasteiger partial charge on any atom is -0.507 e. The van der Waals surface area contributed by atoms with Crippen molar-refractivity contribution in [1.29, 1.82) is 0 Å². The molecule has 1 unspecified atom stereocenters. The van der Waals surface area contributed by atoms with Crippen molar-refractivity contribution in [3.63, 3.8) is 0 Å². The van der Waals surface area contributed by atoms with Crippen molar-refractivity contribution < 1.29 is 19.4 Å². The predicted octanol–water partition coefficient (Wildman–Crippen LogP) is 0.285. The minimum absolute atomic E-state index is 0.0732. The van der Waals surface area contributed by atoms with Gasteiger partial charge in [-0.15, -0.1) is 0 Å². The SMILES string of the molecule is COc1cc(O)c(C(N)CC(N)=O)c(OC)c1. The van der Waals surface area contributed by atoms with Gasteiger partial charge in [0.15, 0.2) is 0 Å². The van der Waals surface area contributed by atoms with Crippen LogP contribution in [0.3, 0.4) is 0 Å². The van der Waals surface area contributed by atoms with E-state index in [0.29, 0.717) is 17.1 Å². The van der Waals surface area contributed by atoms with Crippen LogP contribution in [0.5, 0.6) is 17.2 Å². The fourth-order valence-electron chi connectivity index (χ4n) is 1.57. The molecule has 1 amide bonds. The van der Waals surface area contributed by atoms with Crippen LogP contribution in [0, 0.1) is 0 Å². The first-order chi connectivity index (χ1) is 7.99. The predicted molar refractivity (Wildman–Crippen MR) is 62.0 cm³/mol. The van der Waals surface area contributed by atoms with Crippen molar-refractivity contribution in [3.8, 4) is 17.2 Å². The lowest BCUT2D eigenvalue weighted by molar-refractivity contribution is -0.118. The van der Waals surface area contributed by atoms with Crippen LogP contribution in [0.2, 0.25) is 0 Å². The number of carbonyl (C=O) groups is 1. The van der Waals surface area contributed by atoms with E-state index in [2.05, 4.69) is 0 Å². The Morgan fingerprint density at radius 3 is 2.53 bits per heavy atom. The molecule has 0 aliphatic rings. The van der Waals surface area contributed by atoms with Gasteiger partial charge in [-0.1, -0.05) is 0 Å². The Morgan fingerprint density at radius 1 is 1.41 bits per heavy atom. The molecule has 6 nitrogen and oxygen atoms in total. The standard InChI is InChI=1S/C11H16N2O4/c1-16-6-3-8(14)11(9(4-6)17-2)7(12)5-10(13)15/h3-4,7,14H,5,12H2,1-2H3,(H2,13,15). The number of phenols is 1. The van der Waals surface area contributed by atoms with Crippen LogP contribution < -0.4 is 20.9 Å². The Morgan fingerprint density at radius 2 is 2.06 bits per heavy atom. The number of hydrogen-bond donors (Lipinski definition) is 3. The van der Waals surface area contributed by atoms with Crippen molar-refractivity contribution in [1.82, 2.24) is 0 Å². The summed E-state index contributed by atoms with van der Waals surface area (Å²) in [5.41, 5.74) is 11.2. The van der Waals surface area contributed by atoms with Gasteiger partial charge >= 0.3 is 0 Å². The molecule has 0 aromatic heterocycles. The third-order valence-corrected chi connectivity index (χ3v) is 2.34. The van der Waals surface area contributed by atoms with E-state index in [-0.39, 0.29) is 12.2 Å². The number of methoxy groups -OCH3 is 2. The number of aromatic hydroxyl groups is 1. The van der Waals surface area contributed by atoms with Crippen LogP contribution in [0.15, 0.2) is 12.1 Å². The number of nitrogens with two attached hydrogens (primary N) is 2. The molecule has 0 saturated carbocycles. The maximum Gasteiger partial charge on any atom is 0.219 e. The lowest BCUT2D eigenvalue weighted by atomic mass is 10.0. The zero-order chi connectivity index (χ0) is 13.0. The van der Waals surface area contributed by atoms with Crippen molar-refractivity contribution in [2.75, 3.05) is 14.2 Å². The molecule has 17 heavy (non-hydrogen) atoms. The fraction of sp³-hybridized carbons (Fsp3) is 0.364. The van der Waals surface area contributed by atoms with E-state index in [4.69, 9.17) is 20.9 Å². The van der Waals surface area contributed by atoms with Crippen LogP contribution in [0.1, 0.15) is 18.0 Å². The highest BCUT2D eigenvalue weighted by Gasteiger charge is 2.20. The number of amides is 1. The fourth-order valence-corrected chi connectivity index (χ4v) is 1.57. The van der Waals surface area contributed by atoms with E-state index in [0.717, 1.165) is 0 Å². The highest BCUT2D eigenvalue weighted by Crippen LogP contribution is 2.37. The van der Waals surface area contributed by atoms with Gasteiger partial charge in [-0.2, -0.15) is 0 Å². The first kappa shape index (κ1) is 13.1. The smallest absolute Gasteiger partial charge is 0.219 e. The molecule has 0 aliphatic carbocycles. The number of hydrogen-bond acceptors (Lipinski definition) is 5. The first-order valence-corrected chi connectivity index (χ1v) is 4.98. The average Bonchev–Trinajstić information content (AvgIpc) is 2.26. The van der Waals surface area contributed by atoms with Gasteiger partial charge in [-0.25, -0.2) is 0 Å². The molecule has 1 atom stereocenters. The third kappa shape index (κ3) is 3.01. The zero-order valence-corrected chi connectivity index (χ0v) is 9.77. The van der Waals surface area contributed by atoms with Crippen molar-refractivity contribution >= 4 is 5.91 Å². The Labute approximate surface area is 99.1 Å². The van der Waals surface area contributed by atoms with E-state index in [1.807, 2.05) is 0 Å². The molecule has 1 aromatic rings. The molecule has 1 rings (SSSR count). The number of ether oxygens (including phenoxy) is 2. The minimum atomic E-state index is -0.714. The molecule has 0 heterocycles. The Kier molecular flexibility index (Phi) is 4.17. The van der Waals surface area contributed by atoms with Crippen LogP contribution in [-0.2, 0) is 4.79 Å².